The Morgan fingerprint density at radius 1 is 0.750 bits per heavy atom. The van der Waals surface area contributed by atoms with E-state index in [0.29, 0.717) is 6.54 Å². The average Bonchev–Trinajstić information content (AvgIpc) is 2.49. The van der Waals surface area contributed by atoms with E-state index in [-0.39, 0.29) is 0 Å². The van der Waals surface area contributed by atoms with Crippen LogP contribution in [-0.4, -0.2) is 18.0 Å². The van der Waals surface area contributed by atoms with Gasteiger partial charge >= 0.3 is 0 Å². The van der Waals surface area contributed by atoms with Gasteiger partial charge in [-0.1, -0.05) is 72.8 Å². The Morgan fingerprint density at radius 2 is 1.25 bits per heavy atom. The van der Waals surface area contributed by atoms with Crippen molar-refractivity contribution in [1.29, 1.82) is 0 Å². The van der Waals surface area contributed by atoms with Crippen molar-refractivity contribution < 1.29 is 0 Å². The van der Waals surface area contributed by atoms with Crippen LogP contribution in [0.1, 0.15) is 11.1 Å². The van der Waals surface area contributed by atoms with Gasteiger partial charge in [-0.2, -0.15) is 0 Å². The summed E-state index contributed by atoms with van der Waals surface area (Å²) in [5, 5.41) is 0. The second-order valence-corrected chi connectivity index (χ2v) is 4.85. The minimum absolute atomic E-state index is 0.602. The van der Waals surface area contributed by atoms with Crippen LogP contribution in [0.25, 0.3) is 0 Å². The summed E-state index contributed by atoms with van der Waals surface area (Å²) in [5.41, 5.74) is 8.19. The summed E-state index contributed by atoms with van der Waals surface area (Å²) in [7, 11) is 0. The number of benzene rings is 2. The SMILES string of the molecule is NC/C=C/CN(Cc1ccccc1)Cc1ccccc1. The Kier molecular flexibility index (Phi) is 6.03. The van der Waals surface area contributed by atoms with E-state index in [9.17, 15) is 0 Å². The Morgan fingerprint density at radius 3 is 1.70 bits per heavy atom. The first-order valence-corrected chi connectivity index (χ1v) is 7.04. The van der Waals surface area contributed by atoms with Crippen molar-refractivity contribution in [3.8, 4) is 0 Å². The van der Waals surface area contributed by atoms with Gasteiger partial charge in [0, 0.05) is 26.2 Å². The molecule has 20 heavy (non-hydrogen) atoms. The van der Waals surface area contributed by atoms with Gasteiger partial charge in [-0.15, -0.1) is 0 Å². The third-order valence-electron chi connectivity index (χ3n) is 3.16. The maximum atomic E-state index is 5.51. The molecule has 0 fully saturated rings. The quantitative estimate of drug-likeness (QED) is 0.780. The number of nitrogens with zero attached hydrogens (tertiary/aromatic N) is 1. The highest BCUT2D eigenvalue weighted by Gasteiger charge is 2.05. The summed E-state index contributed by atoms with van der Waals surface area (Å²) in [6.07, 6.45) is 4.16. The monoisotopic (exact) mass is 266 g/mol. The lowest BCUT2D eigenvalue weighted by molar-refractivity contribution is 0.286. The van der Waals surface area contributed by atoms with Crippen LogP contribution in [0.15, 0.2) is 72.8 Å². The lowest BCUT2D eigenvalue weighted by Gasteiger charge is -2.21. The molecule has 2 nitrogen and oxygen atoms in total. The third kappa shape index (κ3) is 5.00. The molecule has 0 heterocycles. The van der Waals surface area contributed by atoms with E-state index in [2.05, 4.69) is 71.6 Å². The smallest absolute Gasteiger partial charge is 0.0240 e. The number of nitrogens with two attached hydrogens (primary N) is 1. The molecule has 0 aliphatic heterocycles. The van der Waals surface area contributed by atoms with Gasteiger partial charge in [-0.05, 0) is 11.1 Å². The molecule has 0 spiro atoms. The van der Waals surface area contributed by atoms with Gasteiger partial charge < -0.3 is 5.73 Å². The minimum Gasteiger partial charge on any atom is -0.327 e. The summed E-state index contributed by atoms with van der Waals surface area (Å²) in [5.74, 6) is 0. The van der Waals surface area contributed by atoms with Gasteiger partial charge in [0.1, 0.15) is 0 Å². The first kappa shape index (κ1) is 14.5. The highest BCUT2D eigenvalue weighted by molar-refractivity contribution is 5.17. The molecule has 104 valence electrons. The second-order valence-electron chi connectivity index (χ2n) is 4.85. The Hall–Kier alpha value is -1.90. The molecule has 0 saturated carbocycles. The first-order valence-electron chi connectivity index (χ1n) is 7.04. The van der Waals surface area contributed by atoms with Gasteiger partial charge in [0.25, 0.3) is 0 Å². The molecule has 0 unspecified atom stereocenters. The van der Waals surface area contributed by atoms with Crippen LogP contribution in [0.3, 0.4) is 0 Å². The molecule has 0 radical (unpaired) electrons. The predicted molar refractivity (Wildman–Crippen MR) is 85.2 cm³/mol. The van der Waals surface area contributed by atoms with E-state index < -0.39 is 0 Å². The van der Waals surface area contributed by atoms with Gasteiger partial charge in [-0.3, -0.25) is 4.90 Å². The third-order valence-corrected chi connectivity index (χ3v) is 3.16. The van der Waals surface area contributed by atoms with E-state index in [1.165, 1.54) is 11.1 Å². The highest BCUT2D eigenvalue weighted by atomic mass is 15.1. The number of hydrogen-bond donors (Lipinski definition) is 1. The lowest BCUT2D eigenvalue weighted by Crippen LogP contribution is -2.23. The minimum atomic E-state index is 0.602. The molecule has 0 amide bonds. The topological polar surface area (TPSA) is 29.3 Å². The standard InChI is InChI=1S/C18H22N2/c19-13-7-8-14-20(15-17-9-3-1-4-10-17)16-18-11-5-2-6-12-18/h1-12H,13-16,19H2/b8-7+. The molecule has 0 aromatic heterocycles. The maximum absolute atomic E-state index is 5.51. The van der Waals surface area contributed by atoms with E-state index in [1.54, 1.807) is 0 Å². The summed E-state index contributed by atoms with van der Waals surface area (Å²) in [4.78, 5) is 2.41. The van der Waals surface area contributed by atoms with Crippen molar-refractivity contribution in [2.45, 2.75) is 13.1 Å². The fourth-order valence-electron chi connectivity index (χ4n) is 2.19. The fraction of sp³-hybridized carbons (Fsp3) is 0.222. The van der Waals surface area contributed by atoms with E-state index in [0.717, 1.165) is 19.6 Å². The van der Waals surface area contributed by atoms with Crippen molar-refractivity contribution in [2.75, 3.05) is 13.1 Å². The predicted octanol–water partition coefficient (Wildman–Crippen LogP) is 3.20. The van der Waals surface area contributed by atoms with Gasteiger partial charge in [0.05, 0.1) is 0 Å². The van der Waals surface area contributed by atoms with Crippen LogP contribution in [-0.2, 0) is 13.1 Å². The Balaban J connectivity index is 2.02. The van der Waals surface area contributed by atoms with E-state index in [1.807, 2.05) is 6.08 Å². The summed E-state index contributed by atoms with van der Waals surface area (Å²) in [6.45, 7) is 3.42. The molecule has 2 rings (SSSR count). The van der Waals surface area contributed by atoms with Crippen molar-refractivity contribution in [3.05, 3.63) is 83.9 Å². The molecule has 0 saturated heterocycles. The van der Waals surface area contributed by atoms with Crippen LogP contribution >= 0.6 is 0 Å². The van der Waals surface area contributed by atoms with Crippen molar-refractivity contribution in [1.82, 2.24) is 4.90 Å². The van der Waals surface area contributed by atoms with Crippen LogP contribution < -0.4 is 5.73 Å². The Bertz CT molecular complexity index is 464. The molecule has 0 atom stereocenters. The number of rotatable bonds is 7. The molecular weight excluding hydrogens is 244 g/mol. The molecule has 2 N–H and O–H groups in total. The zero-order valence-electron chi connectivity index (χ0n) is 11.8. The van der Waals surface area contributed by atoms with Gasteiger partial charge in [-0.25, -0.2) is 0 Å². The zero-order chi connectivity index (χ0) is 14.0. The molecule has 2 aromatic carbocycles. The van der Waals surface area contributed by atoms with Crippen molar-refractivity contribution in [2.24, 2.45) is 5.73 Å². The highest BCUT2D eigenvalue weighted by Crippen LogP contribution is 2.09. The Labute approximate surface area is 121 Å². The zero-order valence-corrected chi connectivity index (χ0v) is 11.8. The van der Waals surface area contributed by atoms with Gasteiger partial charge in [0.15, 0.2) is 0 Å². The first-order chi connectivity index (χ1) is 9.88. The number of hydrogen-bond acceptors (Lipinski definition) is 2. The van der Waals surface area contributed by atoms with E-state index in [4.69, 9.17) is 5.73 Å². The van der Waals surface area contributed by atoms with Crippen LogP contribution in [0.2, 0.25) is 0 Å². The van der Waals surface area contributed by atoms with Crippen molar-refractivity contribution in [3.63, 3.8) is 0 Å². The maximum Gasteiger partial charge on any atom is 0.0240 e. The molecular formula is C18H22N2. The molecule has 0 bridgehead atoms. The summed E-state index contributed by atoms with van der Waals surface area (Å²) in [6, 6.07) is 21.2. The second kappa shape index (κ2) is 8.31. The molecule has 0 aliphatic carbocycles. The van der Waals surface area contributed by atoms with Crippen molar-refractivity contribution >= 4 is 0 Å². The average molecular weight is 266 g/mol. The lowest BCUT2D eigenvalue weighted by atomic mass is 10.1. The summed E-state index contributed by atoms with van der Waals surface area (Å²) < 4.78 is 0. The molecule has 2 aromatic rings. The van der Waals surface area contributed by atoms with Crippen LogP contribution in [0, 0.1) is 0 Å². The normalized spacial score (nSPS) is 11.3. The largest absolute Gasteiger partial charge is 0.327 e. The summed E-state index contributed by atoms with van der Waals surface area (Å²) >= 11 is 0. The van der Waals surface area contributed by atoms with Crippen LogP contribution in [0.5, 0.6) is 0 Å². The fourth-order valence-corrected chi connectivity index (χ4v) is 2.19. The van der Waals surface area contributed by atoms with Gasteiger partial charge in [0.2, 0.25) is 0 Å². The van der Waals surface area contributed by atoms with Crippen LogP contribution in [0.4, 0.5) is 0 Å². The van der Waals surface area contributed by atoms with E-state index >= 15 is 0 Å². The molecule has 0 aliphatic rings. The molecule has 2 heteroatoms.